The molecule has 3 aromatic rings. The molecule has 0 radical (unpaired) electrons. The average molecular weight is 467 g/mol. The Morgan fingerprint density at radius 1 is 1.06 bits per heavy atom. The van der Waals surface area contributed by atoms with E-state index in [9.17, 15) is 10.1 Å². The summed E-state index contributed by atoms with van der Waals surface area (Å²) in [4.78, 5) is 12.6. The van der Waals surface area contributed by atoms with Gasteiger partial charge in [-0.05, 0) is 55.2 Å². The molecule has 0 aliphatic rings. The van der Waals surface area contributed by atoms with Crippen molar-refractivity contribution in [2.24, 2.45) is 0 Å². The SMILES string of the molecule is C=CCc1cc(/C=C(\C#N)C(=O)NCc2ccccc2)cc(OCC)c1OCc1ccc(C)cc1. The van der Waals surface area contributed by atoms with E-state index in [1.54, 1.807) is 18.2 Å². The Balaban J connectivity index is 1.86. The minimum atomic E-state index is -0.431. The first-order valence-corrected chi connectivity index (χ1v) is 11.6. The van der Waals surface area contributed by atoms with Crippen molar-refractivity contribution in [1.82, 2.24) is 5.32 Å². The molecule has 3 aromatic carbocycles. The number of amides is 1. The number of hydrogen-bond acceptors (Lipinski definition) is 4. The van der Waals surface area contributed by atoms with E-state index in [0.717, 1.165) is 16.7 Å². The molecule has 35 heavy (non-hydrogen) atoms. The highest BCUT2D eigenvalue weighted by atomic mass is 16.5. The molecule has 0 atom stereocenters. The van der Waals surface area contributed by atoms with Gasteiger partial charge in [0.05, 0.1) is 6.61 Å². The van der Waals surface area contributed by atoms with E-state index in [2.05, 4.69) is 11.9 Å². The molecule has 0 aliphatic heterocycles. The summed E-state index contributed by atoms with van der Waals surface area (Å²) < 4.78 is 12.1. The molecular weight excluding hydrogens is 436 g/mol. The third kappa shape index (κ3) is 7.35. The number of nitrogens with one attached hydrogen (secondary N) is 1. The average Bonchev–Trinajstić information content (AvgIpc) is 2.87. The lowest BCUT2D eigenvalue weighted by Gasteiger charge is -2.17. The molecular formula is C30H30N2O3. The minimum Gasteiger partial charge on any atom is -0.490 e. The summed E-state index contributed by atoms with van der Waals surface area (Å²) in [7, 11) is 0. The second-order valence-corrected chi connectivity index (χ2v) is 8.05. The molecule has 0 heterocycles. The molecule has 0 aliphatic carbocycles. The van der Waals surface area contributed by atoms with Crippen LogP contribution in [0.4, 0.5) is 0 Å². The molecule has 0 aromatic heterocycles. The summed E-state index contributed by atoms with van der Waals surface area (Å²) in [5.41, 5.74) is 4.76. The molecule has 1 amide bonds. The van der Waals surface area contributed by atoms with Gasteiger partial charge in [-0.15, -0.1) is 6.58 Å². The largest absolute Gasteiger partial charge is 0.490 e. The molecule has 5 nitrogen and oxygen atoms in total. The number of rotatable bonds is 11. The van der Waals surface area contributed by atoms with Gasteiger partial charge in [0, 0.05) is 12.1 Å². The number of nitriles is 1. The lowest BCUT2D eigenvalue weighted by molar-refractivity contribution is -0.117. The molecule has 1 N–H and O–H groups in total. The summed E-state index contributed by atoms with van der Waals surface area (Å²) in [6.07, 6.45) is 3.90. The minimum absolute atomic E-state index is 0.0151. The number of hydrogen-bond donors (Lipinski definition) is 1. The Morgan fingerprint density at radius 2 is 1.80 bits per heavy atom. The Bertz CT molecular complexity index is 1220. The zero-order valence-corrected chi connectivity index (χ0v) is 20.2. The van der Waals surface area contributed by atoms with Crippen molar-refractivity contribution in [1.29, 1.82) is 5.26 Å². The zero-order chi connectivity index (χ0) is 25.0. The molecule has 5 heteroatoms. The van der Waals surface area contributed by atoms with Crippen LogP contribution in [0.3, 0.4) is 0 Å². The zero-order valence-electron chi connectivity index (χ0n) is 20.2. The van der Waals surface area contributed by atoms with Gasteiger partial charge in [-0.2, -0.15) is 5.26 Å². The van der Waals surface area contributed by atoms with E-state index in [1.165, 1.54) is 5.56 Å². The van der Waals surface area contributed by atoms with Crippen LogP contribution in [0, 0.1) is 18.3 Å². The fourth-order valence-corrected chi connectivity index (χ4v) is 3.53. The quantitative estimate of drug-likeness (QED) is 0.216. The van der Waals surface area contributed by atoms with Gasteiger partial charge in [-0.3, -0.25) is 4.79 Å². The summed E-state index contributed by atoms with van der Waals surface area (Å²) in [6.45, 7) is 8.99. The number of aryl methyl sites for hydroxylation is 1. The first-order chi connectivity index (χ1) is 17.0. The highest BCUT2D eigenvalue weighted by Crippen LogP contribution is 2.35. The van der Waals surface area contributed by atoms with Crippen LogP contribution in [0.2, 0.25) is 0 Å². The van der Waals surface area contributed by atoms with E-state index >= 15 is 0 Å². The second kappa shape index (κ2) is 12.8. The number of nitrogens with zero attached hydrogens (tertiary/aromatic N) is 1. The Hall–Kier alpha value is -4.30. The highest BCUT2D eigenvalue weighted by Gasteiger charge is 2.15. The van der Waals surface area contributed by atoms with Crippen LogP contribution >= 0.6 is 0 Å². The third-order valence-electron chi connectivity index (χ3n) is 5.29. The van der Waals surface area contributed by atoms with Crippen LogP contribution in [0.1, 0.15) is 34.7 Å². The molecule has 178 valence electrons. The van der Waals surface area contributed by atoms with Crippen molar-refractivity contribution >= 4 is 12.0 Å². The summed E-state index contributed by atoms with van der Waals surface area (Å²) in [5, 5.41) is 12.4. The lowest BCUT2D eigenvalue weighted by Crippen LogP contribution is -2.23. The monoisotopic (exact) mass is 466 g/mol. The molecule has 3 rings (SSSR count). The van der Waals surface area contributed by atoms with Gasteiger partial charge in [0.1, 0.15) is 18.2 Å². The van der Waals surface area contributed by atoms with E-state index in [-0.39, 0.29) is 5.57 Å². The number of carbonyl (C=O) groups is 1. The Kier molecular flexibility index (Phi) is 9.27. The van der Waals surface area contributed by atoms with Crippen molar-refractivity contribution in [2.45, 2.75) is 33.4 Å². The van der Waals surface area contributed by atoms with E-state index in [1.807, 2.05) is 80.6 Å². The maximum atomic E-state index is 12.6. The fraction of sp³-hybridized carbons (Fsp3) is 0.200. The van der Waals surface area contributed by atoms with Gasteiger partial charge < -0.3 is 14.8 Å². The summed E-state index contributed by atoms with van der Waals surface area (Å²) in [6, 6.07) is 23.4. The highest BCUT2D eigenvalue weighted by molar-refractivity contribution is 6.01. The van der Waals surface area contributed by atoms with Crippen LogP contribution in [0.25, 0.3) is 6.08 Å². The Labute approximate surface area is 207 Å². The Morgan fingerprint density at radius 3 is 2.46 bits per heavy atom. The maximum Gasteiger partial charge on any atom is 0.262 e. The van der Waals surface area contributed by atoms with Gasteiger partial charge in [-0.25, -0.2) is 0 Å². The fourth-order valence-electron chi connectivity index (χ4n) is 3.53. The van der Waals surface area contributed by atoms with Crippen LogP contribution in [0.5, 0.6) is 11.5 Å². The predicted molar refractivity (Wildman–Crippen MR) is 139 cm³/mol. The van der Waals surface area contributed by atoms with Crippen molar-refractivity contribution in [3.05, 3.63) is 113 Å². The molecule has 0 spiro atoms. The molecule has 0 fully saturated rings. The van der Waals surface area contributed by atoms with Gasteiger partial charge in [-0.1, -0.05) is 66.2 Å². The predicted octanol–water partition coefficient (Wildman–Crippen LogP) is 5.92. The van der Waals surface area contributed by atoms with E-state index in [4.69, 9.17) is 9.47 Å². The van der Waals surface area contributed by atoms with Crippen LogP contribution in [0.15, 0.2) is 85.0 Å². The molecule has 0 bridgehead atoms. The van der Waals surface area contributed by atoms with Crippen molar-refractivity contribution in [2.75, 3.05) is 6.61 Å². The number of carbonyl (C=O) groups excluding carboxylic acids is 1. The standard InChI is InChI=1S/C30H30N2O3/c1-4-9-26-16-25(17-27(19-31)30(33)32-20-23-10-7-6-8-11-23)18-28(34-5-2)29(26)35-21-24-14-12-22(3)13-15-24/h4,6-8,10-18H,1,5,9,20-21H2,2-3H3,(H,32,33)/b27-17+. The lowest BCUT2D eigenvalue weighted by atomic mass is 10.0. The first-order valence-electron chi connectivity index (χ1n) is 11.6. The number of ether oxygens (including phenoxy) is 2. The molecule has 0 unspecified atom stereocenters. The summed E-state index contributed by atoms with van der Waals surface area (Å²) in [5.74, 6) is 0.767. The van der Waals surface area contributed by atoms with Crippen molar-refractivity contribution in [3.63, 3.8) is 0 Å². The van der Waals surface area contributed by atoms with Crippen molar-refractivity contribution < 1.29 is 14.3 Å². The molecule has 0 saturated carbocycles. The van der Waals surface area contributed by atoms with Crippen LogP contribution < -0.4 is 14.8 Å². The van der Waals surface area contributed by atoms with Gasteiger partial charge in [0.2, 0.25) is 0 Å². The van der Waals surface area contributed by atoms with Crippen molar-refractivity contribution in [3.8, 4) is 17.6 Å². The van der Waals surface area contributed by atoms with Gasteiger partial charge in [0.15, 0.2) is 11.5 Å². The van der Waals surface area contributed by atoms with Crippen LogP contribution in [-0.4, -0.2) is 12.5 Å². The molecule has 0 saturated heterocycles. The third-order valence-corrected chi connectivity index (χ3v) is 5.29. The van der Waals surface area contributed by atoms with Gasteiger partial charge >= 0.3 is 0 Å². The number of allylic oxidation sites excluding steroid dienone is 1. The number of benzene rings is 3. The second-order valence-electron chi connectivity index (χ2n) is 8.05. The first kappa shape index (κ1) is 25.3. The summed E-state index contributed by atoms with van der Waals surface area (Å²) >= 11 is 0. The van der Waals surface area contributed by atoms with Crippen LogP contribution in [-0.2, 0) is 24.4 Å². The smallest absolute Gasteiger partial charge is 0.262 e. The normalized spacial score (nSPS) is 10.8. The van der Waals surface area contributed by atoms with Gasteiger partial charge in [0.25, 0.3) is 5.91 Å². The maximum absolute atomic E-state index is 12.6. The topological polar surface area (TPSA) is 71.4 Å². The van der Waals surface area contributed by atoms with E-state index < -0.39 is 5.91 Å². The van der Waals surface area contributed by atoms with E-state index in [0.29, 0.717) is 43.2 Å².